The number of hydrogen-bond acceptors (Lipinski definition) is 1. The van der Waals surface area contributed by atoms with Gasteiger partial charge in [-0.05, 0) is 83.5 Å². The van der Waals surface area contributed by atoms with E-state index in [1.54, 1.807) is 0 Å². The van der Waals surface area contributed by atoms with E-state index < -0.39 is 0 Å². The lowest BCUT2D eigenvalue weighted by molar-refractivity contribution is 1.33. The van der Waals surface area contributed by atoms with Gasteiger partial charge in [0.15, 0.2) is 0 Å². The predicted octanol–water partition coefficient (Wildman–Crippen LogP) is 8.68. The van der Waals surface area contributed by atoms with Crippen LogP contribution < -0.4 is 10.4 Å². The highest BCUT2D eigenvalue weighted by atomic mass is 28.2. The molecule has 0 atom stereocenters. The van der Waals surface area contributed by atoms with Crippen LogP contribution in [0.1, 0.15) is 0 Å². The minimum atomic E-state index is 0.590. The van der Waals surface area contributed by atoms with Gasteiger partial charge in [-0.2, -0.15) is 0 Å². The van der Waals surface area contributed by atoms with Crippen LogP contribution in [0.4, 0.5) is 0 Å². The van der Waals surface area contributed by atoms with Gasteiger partial charge in [0.05, 0.1) is 0 Å². The molecule has 41 heavy (non-hydrogen) atoms. The summed E-state index contributed by atoms with van der Waals surface area (Å²) < 4.78 is 0. The maximum Gasteiger partial charge on any atom is 0.121 e. The minimum Gasteiger partial charge on any atom is -0.265 e. The van der Waals surface area contributed by atoms with Crippen LogP contribution in [0.25, 0.3) is 65.3 Å². The number of benzene rings is 7. The Bertz CT molecular complexity index is 2220. The van der Waals surface area contributed by atoms with Crippen LogP contribution in [0, 0.1) is 0 Å². The van der Waals surface area contributed by atoms with Gasteiger partial charge < -0.3 is 0 Å². The van der Waals surface area contributed by atoms with Crippen molar-refractivity contribution in [2.45, 2.75) is 0 Å². The lowest BCUT2D eigenvalue weighted by atomic mass is 9.84. The molecule has 7 aromatic carbocycles. The van der Waals surface area contributed by atoms with Gasteiger partial charge in [-0.25, -0.2) is 0 Å². The molecule has 0 fully saturated rings. The summed E-state index contributed by atoms with van der Waals surface area (Å²) in [6, 6.07) is 51.1. The predicted molar refractivity (Wildman–Crippen MR) is 177 cm³/mol. The summed E-state index contributed by atoms with van der Waals surface area (Å²) >= 11 is 0. The van der Waals surface area contributed by atoms with Crippen LogP contribution in [0.15, 0.2) is 152 Å². The summed E-state index contributed by atoms with van der Waals surface area (Å²) in [6.45, 7) is 0. The quantitative estimate of drug-likeness (QED) is 0.125. The first kappa shape index (κ1) is 23.8. The van der Waals surface area contributed by atoms with E-state index in [0.717, 1.165) is 0 Å². The van der Waals surface area contributed by atoms with Crippen molar-refractivity contribution in [1.82, 2.24) is 4.98 Å². The van der Waals surface area contributed by atoms with E-state index >= 15 is 0 Å². The fraction of sp³-hybridized carbons (Fsp3) is 0. The molecule has 0 aliphatic rings. The van der Waals surface area contributed by atoms with Gasteiger partial charge in [-0.15, -0.1) is 0 Å². The maximum atomic E-state index is 4.32. The zero-order valence-electron chi connectivity index (χ0n) is 22.4. The highest BCUT2D eigenvalue weighted by molar-refractivity contribution is 6.67. The zero-order valence-corrected chi connectivity index (χ0v) is 23.4. The summed E-state index contributed by atoms with van der Waals surface area (Å²) in [7, 11) is 0.590. The molecule has 2 heteroatoms. The third-order valence-electron chi connectivity index (χ3n) is 8.09. The lowest BCUT2D eigenvalue weighted by Gasteiger charge is -2.20. The highest BCUT2D eigenvalue weighted by Gasteiger charge is 2.19. The molecule has 0 N–H and O–H groups in total. The Kier molecular flexibility index (Phi) is 5.72. The lowest BCUT2D eigenvalue weighted by Crippen LogP contribution is -2.26. The summed E-state index contributed by atoms with van der Waals surface area (Å²) in [4.78, 5) is 4.32. The molecule has 190 valence electrons. The Balaban J connectivity index is 1.54. The van der Waals surface area contributed by atoms with Crippen molar-refractivity contribution < 1.29 is 0 Å². The van der Waals surface area contributed by atoms with Gasteiger partial charge in [-0.3, -0.25) is 4.98 Å². The Morgan fingerprint density at radius 1 is 0.390 bits per heavy atom. The number of nitrogens with zero attached hydrogens (tertiary/aromatic N) is 1. The summed E-state index contributed by atoms with van der Waals surface area (Å²) in [5, 5.41) is 12.9. The van der Waals surface area contributed by atoms with Gasteiger partial charge in [0.25, 0.3) is 0 Å². The summed E-state index contributed by atoms with van der Waals surface area (Å²) in [5.41, 5.74) is 5.04. The molecule has 0 spiro atoms. The average Bonchev–Trinajstić information content (AvgIpc) is 3.04. The molecule has 1 heterocycles. The normalized spacial score (nSPS) is 11.5. The highest BCUT2D eigenvalue weighted by Crippen LogP contribution is 2.46. The molecular weight excluding hydrogens is 511 g/mol. The largest absolute Gasteiger partial charge is 0.265 e. The number of rotatable bonds is 4. The third kappa shape index (κ3) is 4.04. The molecule has 0 saturated carbocycles. The van der Waals surface area contributed by atoms with E-state index in [4.69, 9.17) is 0 Å². The molecule has 0 bridgehead atoms. The van der Waals surface area contributed by atoms with Crippen molar-refractivity contribution in [2.24, 2.45) is 0 Å². The van der Waals surface area contributed by atoms with Crippen molar-refractivity contribution in [2.75, 3.05) is 0 Å². The molecular formula is C39H25NSi. The second kappa shape index (κ2) is 9.85. The van der Waals surface area contributed by atoms with E-state index in [9.17, 15) is 0 Å². The van der Waals surface area contributed by atoms with Gasteiger partial charge in [0, 0.05) is 12.4 Å². The van der Waals surface area contributed by atoms with Crippen molar-refractivity contribution >= 4 is 63.0 Å². The number of fused-ring (bicyclic) bond motifs is 5. The topological polar surface area (TPSA) is 12.9 Å². The first-order valence-corrected chi connectivity index (χ1v) is 15.0. The SMILES string of the molecule is c1ccc([Si]c2ccc3c(-c4ccncc4)c4ccccc4c(-c4cc5ccccc5c5ccccc45)c3c2)cc1. The Labute approximate surface area is 241 Å². The first-order chi connectivity index (χ1) is 20.3. The van der Waals surface area contributed by atoms with Crippen LogP contribution in [0.3, 0.4) is 0 Å². The molecule has 2 radical (unpaired) electrons. The molecule has 0 unspecified atom stereocenters. The summed E-state index contributed by atoms with van der Waals surface area (Å²) in [6.07, 6.45) is 3.79. The Morgan fingerprint density at radius 2 is 1.00 bits per heavy atom. The third-order valence-corrected chi connectivity index (χ3v) is 9.31. The fourth-order valence-corrected chi connectivity index (χ4v) is 7.40. The van der Waals surface area contributed by atoms with E-state index in [-0.39, 0.29) is 0 Å². The molecule has 1 aromatic heterocycles. The van der Waals surface area contributed by atoms with E-state index in [0.29, 0.717) is 9.52 Å². The van der Waals surface area contributed by atoms with Crippen molar-refractivity contribution in [3.63, 3.8) is 0 Å². The number of pyridine rings is 1. The second-order valence-corrected chi connectivity index (χ2v) is 11.9. The molecule has 8 aromatic rings. The van der Waals surface area contributed by atoms with Gasteiger partial charge in [0.2, 0.25) is 0 Å². The smallest absolute Gasteiger partial charge is 0.121 e. The molecule has 0 saturated heterocycles. The Hall–Kier alpha value is -5.05. The first-order valence-electron chi connectivity index (χ1n) is 14.0. The second-order valence-electron chi connectivity index (χ2n) is 10.5. The van der Waals surface area contributed by atoms with E-state index in [1.807, 2.05) is 12.4 Å². The van der Waals surface area contributed by atoms with Crippen molar-refractivity contribution in [3.8, 4) is 22.3 Å². The number of hydrogen-bond donors (Lipinski definition) is 0. The van der Waals surface area contributed by atoms with Crippen LogP contribution in [-0.4, -0.2) is 14.5 Å². The molecule has 1 nitrogen and oxygen atoms in total. The standard InChI is InChI=1S/C39H25NSi/c1-2-11-28(12-3-1)41-29-18-19-35-37(25-29)39(34-17-9-8-16-33(34)38(35)26-20-22-40-23-21-26)36-24-27-10-4-5-13-30(27)31-14-6-7-15-32(31)36/h1-25H. The van der Waals surface area contributed by atoms with Crippen molar-refractivity contribution in [3.05, 3.63) is 152 Å². The fourth-order valence-electron chi connectivity index (χ4n) is 6.33. The van der Waals surface area contributed by atoms with Crippen molar-refractivity contribution in [1.29, 1.82) is 0 Å². The molecule has 0 aliphatic heterocycles. The van der Waals surface area contributed by atoms with Crippen LogP contribution in [-0.2, 0) is 0 Å². The molecule has 8 rings (SSSR count). The number of aromatic nitrogens is 1. The molecule has 0 amide bonds. The monoisotopic (exact) mass is 535 g/mol. The van der Waals surface area contributed by atoms with Crippen LogP contribution >= 0.6 is 0 Å². The average molecular weight is 536 g/mol. The van der Waals surface area contributed by atoms with Crippen LogP contribution in [0.2, 0.25) is 0 Å². The van der Waals surface area contributed by atoms with E-state index in [1.165, 1.54) is 75.7 Å². The maximum absolute atomic E-state index is 4.32. The van der Waals surface area contributed by atoms with Gasteiger partial charge in [0.1, 0.15) is 9.52 Å². The minimum absolute atomic E-state index is 0.590. The zero-order chi connectivity index (χ0) is 27.2. The van der Waals surface area contributed by atoms with Gasteiger partial charge >= 0.3 is 0 Å². The summed E-state index contributed by atoms with van der Waals surface area (Å²) in [5.74, 6) is 0. The Morgan fingerprint density at radius 3 is 1.78 bits per heavy atom. The molecule has 0 aliphatic carbocycles. The van der Waals surface area contributed by atoms with Crippen LogP contribution in [0.5, 0.6) is 0 Å². The van der Waals surface area contributed by atoms with E-state index in [2.05, 4.69) is 145 Å². The van der Waals surface area contributed by atoms with Gasteiger partial charge in [-0.1, -0.05) is 132 Å².